The van der Waals surface area contributed by atoms with Gasteiger partial charge in [0.1, 0.15) is 5.58 Å². The van der Waals surface area contributed by atoms with E-state index in [9.17, 15) is 23.1 Å². The highest BCUT2D eigenvalue weighted by Gasteiger charge is 2.31. The maximum Gasteiger partial charge on any atom is 0.339 e. The van der Waals surface area contributed by atoms with Crippen LogP contribution >= 0.6 is 0 Å². The van der Waals surface area contributed by atoms with E-state index >= 15 is 0 Å². The van der Waals surface area contributed by atoms with Crippen LogP contribution in [0.15, 0.2) is 93.0 Å². The Hall–Kier alpha value is -4.19. The zero-order valence-electron chi connectivity index (χ0n) is 23.6. The maximum absolute atomic E-state index is 13.6. The topological polar surface area (TPSA) is 169 Å². The fourth-order valence-electron chi connectivity index (χ4n) is 4.68. The minimum atomic E-state index is -3.98. The summed E-state index contributed by atoms with van der Waals surface area (Å²) in [5.41, 5.74) is 13.0. The van der Waals surface area contributed by atoms with Crippen molar-refractivity contribution in [3.05, 3.63) is 100 Å². The van der Waals surface area contributed by atoms with Crippen LogP contribution in [-0.2, 0) is 27.7 Å². The van der Waals surface area contributed by atoms with E-state index in [1.54, 1.807) is 18.2 Å². The molecule has 0 spiro atoms. The van der Waals surface area contributed by atoms with Gasteiger partial charge in [0, 0.05) is 41.5 Å². The molecule has 0 bridgehead atoms. The molecule has 6 N–H and O–H groups in total. The molecular weight excluding hydrogens is 556 g/mol. The Morgan fingerprint density at radius 3 is 2.29 bits per heavy atom. The predicted octanol–water partition coefficient (Wildman–Crippen LogP) is 2.94. The number of benzene rings is 3. The summed E-state index contributed by atoms with van der Waals surface area (Å²) in [6.45, 7) is 3.65. The van der Waals surface area contributed by atoms with Gasteiger partial charge >= 0.3 is 5.63 Å². The van der Waals surface area contributed by atoms with Crippen LogP contribution in [0.4, 0.5) is 11.4 Å². The number of nitrogen functional groups attached to an aromatic ring is 2. The number of nitrogens with zero attached hydrogens (tertiary/aromatic N) is 1. The summed E-state index contributed by atoms with van der Waals surface area (Å²) in [5, 5.41) is 14.9. The number of carbonyl (C=O) groups excluding carboxylic acids is 1. The van der Waals surface area contributed by atoms with E-state index < -0.39 is 33.7 Å². The van der Waals surface area contributed by atoms with Crippen LogP contribution in [0, 0.1) is 5.92 Å². The zero-order chi connectivity index (χ0) is 30.4. The molecule has 0 aliphatic heterocycles. The number of rotatable bonds is 12. The standard InChI is InChI=1S/C31H36N4O6S/c1-20(2)18-35(42(39,40)26-12-10-24(32)11-13-26)19-28(36)27(14-21-6-4-3-5-7-21)34-30(37)16-23-15-22-8-9-25(33)17-29(22)41-31(23)38/h3-13,15,17,20,27-28,36H,14,16,18-19,32-33H2,1-2H3,(H,34,37)/t27-,28+/m0/s1. The number of sulfonamides is 1. The van der Waals surface area contributed by atoms with E-state index in [0.29, 0.717) is 22.3 Å². The van der Waals surface area contributed by atoms with Gasteiger partial charge in [0.2, 0.25) is 15.9 Å². The monoisotopic (exact) mass is 592 g/mol. The molecular formula is C31H36N4O6S. The van der Waals surface area contributed by atoms with E-state index in [1.165, 1.54) is 34.6 Å². The molecule has 0 aliphatic rings. The number of anilines is 2. The molecule has 0 aliphatic carbocycles. The Kier molecular flexibility index (Phi) is 9.66. The van der Waals surface area contributed by atoms with Crippen LogP contribution in [0.5, 0.6) is 0 Å². The lowest BCUT2D eigenvalue weighted by atomic mass is 10.00. The molecule has 0 saturated heterocycles. The van der Waals surface area contributed by atoms with E-state index in [-0.39, 0.29) is 42.3 Å². The first-order chi connectivity index (χ1) is 19.9. The second kappa shape index (κ2) is 13.2. The number of hydrogen-bond acceptors (Lipinski definition) is 8. The number of nitrogens with one attached hydrogen (secondary N) is 1. The first-order valence-electron chi connectivity index (χ1n) is 13.6. The summed E-state index contributed by atoms with van der Waals surface area (Å²) < 4.78 is 33.7. The summed E-state index contributed by atoms with van der Waals surface area (Å²) in [6, 6.07) is 20.7. The molecule has 1 aromatic heterocycles. The largest absolute Gasteiger partial charge is 0.422 e. The smallest absolute Gasteiger partial charge is 0.339 e. The van der Waals surface area contributed by atoms with Crippen molar-refractivity contribution in [2.24, 2.45) is 5.92 Å². The van der Waals surface area contributed by atoms with Crippen molar-refractivity contribution in [3.63, 3.8) is 0 Å². The van der Waals surface area contributed by atoms with Gasteiger partial charge in [-0.1, -0.05) is 44.2 Å². The number of carbonyl (C=O) groups is 1. The summed E-state index contributed by atoms with van der Waals surface area (Å²) in [6.07, 6.45) is -1.33. The first-order valence-corrected chi connectivity index (χ1v) is 15.1. The van der Waals surface area contributed by atoms with Crippen molar-refractivity contribution in [1.82, 2.24) is 9.62 Å². The molecule has 11 heteroatoms. The Labute approximate surface area is 245 Å². The summed E-state index contributed by atoms with van der Waals surface area (Å²) in [5.74, 6) is -0.556. The van der Waals surface area contributed by atoms with Gasteiger partial charge in [-0.15, -0.1) is 0 Å². The highest BCUT2D eigenvalue weighted by molar-refractivity contribution is 7.89. The molecule has 42 heavy (non-hydrogen) atoms. The Bertz CT molecular complexity index is 1690. The highest BCUT2D eigenvalue weighted by atomic mass is 32.2. The maximum atomic E-state index is 13.6. The van der Waals surface area contributed by atoms with Crippen molar-refractivity contribution in [2.75, 3.05) is 24.6 Å². The molecule has 3 aromatic carbocycles. The van der Waals surface area contributed by atoms with Gasteiger partial charge in [0.05, 0.1) is 23.5 Å². The minimum absolute atomic E-state index is 0.0367. The molecule has 10 nitrogen and oxygen atoms in total. The predicted molar refractivity (Wildman–Crippen MR) is 163 cm³/mol. The lowest BCUT2D eigenvalue weighted by Crippen LogP contribution is -2.51. The molecule has 4 rings (SSSR count). The van der Waals surface area contributed by atoms with Gasteiger partial charge in [-0.2, -0.15) is 4.31 Å². The quantitative estimate of drug-likeness (QED) is 0.144. The lowest BCUT2D eigenvalue weighted by molar-refractivity contribution is -0.122. The number of amides is 1. The number of aliphatic hydroxyl groups excluding tert-OH is 1. The minimum Gasteiger partial charge on any atom is -0.422 e. The van der Waals surface area contributed by atoms with Crippen LogP contribution in [0.3, 0.4) is 0 Å². The second-order valence-electron chi connectivity index (χ2n) is 10.7. The van der Waals surface area contributed by atoms with Gasteiger partial charge in [0.25, 0.3) is 0 Å². The van der Waals surface area contributed by atoms with E-state index in [4.69, 9.17) is 15.9 Å². The molecule has 4 aromatic rings. The lowest BCUT2D eigenvalue weighted by Gasteiger charge is -2.30. The fourth-order valence-corrected chi connectivity index (χ4v) is 6.30. The van der Waals surface area contributed by atoms with Crippen LogP contribution < -0.4 is 22.4 Å². The van der Waals surface area contributed by atoms with Gasteiger partial charge < -0.3 is 26.3 Å². The summed E-state index contributed by atoms with van der Waals surface area (Å²) in [4.78, 5) is 25.8. The average molecular weight is 593 g/mol. The first kappa shape index (κ1) is 30.8. The molecule has 0 saturated carbocycles. The number of hydrogen-bond donors (Lipinski definition) is 4. The Morgan fingerprint density at radius 2 is 1.62 bits per heavy atom. The van der Waals surface area contributed by atoms with Crippen molar-refractivity contribution in [2.45, 2.75) is 43.7 Å². The van der Waals surface area contributed by atoms with Crippen molar-refractivity contribution in [3.8, 4) is 0 Å². The van der Waals surface area contributed by atoms with Crippen LogP contribution in [0.25, 0.3) is 11.0 Å². The molecule has 0 radical (unpaired) electrons. The molecule has 0 unspecified atom stereocenters. The van der Waals surface area contributed by atoms with Crippen LogP contribution in [-0.4, -0.2) is 49.0 Å². The van der Waals surface area contributed by atoms with Crippen LogP contribution in [0.1, 0.15) is 25.0 Å². The fraction of sp³-hybridized carbons (Fsp3) is 0.290. The molecule has 1 amide bonds. The van der Waals surface area contributed by atoms with E-state index in [1.807, 2.05) is 44.2 Å². The number of fused-ring (bicyclic) bond motifs is 1. The van der Waals surface area contributed by atoms with Gasteiger partial charge in [0.15, 0.2) is 0 Å². The average Bonchev–Trinajstić information content (AvgIpc) is 2.93. The third kappa shape index (κ3) is 7.75. The van der Waals surface area contributed by atoms with E-state index in [0.717, 1.165) is 5.56 Å². The zero-order valence-corrected chi connectivity index (χ0v) is 24.4. The van der Waals surface area contributed by atoms with Gasteiger partial charge in [-0.3, -0.25) is 4.79 Å². The Balaban J connectivity index is 1.58. The normalized spacial score (nSPS) is 13.4. The second-order valence-corrected chi connectivity index (χ2v) is 12.7. The van der Waals surface area contributed by atoms with Crippen molar-refractivity contribution >= 4 is 38.3 Å². The van der Waals surface area contributed by atoms with Gasteiger partial charge in [-0.25, -0.2) is 13.2 Å². The molecule has 222 valence electrons. The number of nitrogens with two attached hydrogens (primary N) is 2. The molecule has 2 atom stereocenters. The third-order valence-electron chi connectivity index (χ3n) is 6.77. The molecule has 0 fully saturated rings. The third-order valence-corrected chi connectivity index (χ3v) is 8.62. The Morgan fingerprint density at radius 1 is 0.952 bits per heavy atom. The van der Waals surface area contributed by atoms with Crippen molar-refractivity contribution in [1.29, 1.82) is 0 Å². The van der Waals surface area contributed by atoms with E-state index in [2.05, 4.69) is 5.32 Å². The number of aliphatic hydroxyl groups is 1. The summed E-state index contributed by atoms with van der Waals surface area (Å²) in [7, 11) is -3.98. The highest BCUT2D eigenvalue weighted by Crippen LogP contribution is 2.21. The summed E-state index contributed by atoms with van der Waals surface area (Å²) >= 11 is 0. The SMILES string of the molecule is CC(C)CN(C[C@@H](O)[C@H](Cc1ccccc1)NC(=O)Cc1cc2ccc(N)cc2oc1=O)S(=O)(=O)c1ccc(N)cc1. The van der Waals surface area contributed by atoms with Crippen LogP contribution in [0.2, 0.25) is 0 Å². The van der Waals surface area contributed by atoms with Crippen molar-refractivity contribution < 1.29 is 22.7 Å². The van der Waals surface area contributed by atoms with Gasteiger partial charge in [-0.05, 0) is 60.4 Å². The molecule has 1 heterocycles.